The minimum atomic E-state index is -4.65. The third-order valence-electron chi connectivity index (χ3n) is 6.07. The number of rotatable bonds is 7. The summed E-state index contributed by atoms with van der Waals surface area (Å²) in [6, 6.07) is 4.53. The number of pyridine rings is 1. The van der Waals surface area contributed by atoms with Crippen LogP contribution in [0.15, 0.2) is 29.4 Å². The molecule has 1 aliphatic rings. The molecule has 1 heterocycles. The minimum Gasteiger partial charge on any atom is -0.299 e. The average molecular weight is 482 g/mol. The van der Waals surface area contributed by atoms with Crippen LogP contribution in [0.25, 0.3) is 0 Å². The van der Waals surface area contributed by atoms with Gasteiger partial charge in [-0.15, -0.1) is 11.8 Å². The smallest absolute Gasteiger partial charge is 0.299 e. The molecule has 0 unspecified atom stereocenters. The topological polar surface area (TPSA) is 47.0 Å². The van der Waals surface area contributed by atoms with Gasteiger partial charge in [0, 0.05) is 19.0 Å². The molecule has 8 heteroatoms. The quantitative estimate of drug-likeness (QED) is 0.258. The van der Waals surface area contributed by atoms with E-state index in [1.165, 1.54) is 0 Å². The minimum absolute atomic E-state index is 0.0895. The van der Waals surface area contributed by atoms with Crippen LogP contribution in [-0.2, 0) is 28.6 Å². The van der Waals surface area contributed by atoms with E-state index in [1.54, 1.807) is 0 Å². The number of nitrogens with zero attached hydrogens (tertiary/aromatic N) is 1. The average Bonchev–Trinajstić information content (AvgIpc) is 2.74. The van der Waals surface area contributed by atoms with Crippen molar-refractivity contribution in [3.05, 3.63) is 58.0 Å². The van der Waals surface area contributed by atoms with Crippen molar-refractivity contribution in [2.75, 3.05) is 5.75 Å². The fourth-order valence-electron chi connectivity index (χ4n) is 4.50. The SMILES string of the molecule is CCc1cc(C)cc(CC)c1C1C(=O)CC(CCSc2ncc(C(F)(F)F)cc2F)CC1=O. The van der Waals surface area contributed by atoms with Gasteiger partial charge in [-0.1, -0.05) is 31.5 Å². The Morgan fingerprint density at radius 2 is 1.61 bits per heavy atom. The van der Waals surface area contributed by atoms with E-state index in [-0.39, 0.29) is 35.4 Å². The number of benzene rings is 1. The molecule has 178 valence electrons. The second-order valence-electron chi connectivity index (χ2n) is 8.49. The molecule has 1 saturated carbocycles. The maximum atomic E-state index is 14.0. The van der Waals surface area contributed by atoms with E-state index in [1.807, 2.05) is 32.9 Å². The van der Waals surface area contributed by atoms with Gasteiger partial charge in [0.05, 0.1) is 5.56 Å². The summed E-state index contributed by atoms with van der Waals surface area (Å²) in [6.45, 7) is 6.04. The number of hydrogen-bond donors (Lipinski definition) is 0. The van der Waals surface area contributed by atoms with Crippen LogP contribution in [0.3, 0.4) is 0 Å². The molecule has 0 spiro atoms. The molecule has 1 aromatic carbocycles. The Morgan fingerprint density at radius 1 is 1.03 bits per heavy atom. The van der Waals surface area contributed by atoms with Crippen LogP contribution in [0.4, 0.5) is 17.6 Å². The highest BCUT2D eigenvalue weighted by atomic mass is 32.2. The Balaban J connectivity index is 1.66. The fourth-order valence-corrected chi connectivity index (χ4v) is 5.47. The third-order valence-corrected chi connectivity index (χ3v) is 7.08. The molecule has 0 saturated heterocycles. The summed E-state index contributed by atoms with van der Waals surface area (Å²) in [7, 11) is 0. The Morgan fingerprint density at radius 3 is 2.09 bits per heavy atom. The molecule has 0 N–H and O–H groups in total. The molecular weight excluding hydrogens is 454 g/mol. The lowest BCUT2D eigenvalue weighted by Gasteiger charge is -2.29. The van der Waals surface area contributed by atoms with E-state index in [0.29, 0.717) is 24.4 Å². The number of aromatic nitrogens is 1. The standard InChI is InChI=1S/C25H27F4NO2S/c1-4-16-8-14(3)9-17(5-2)22(16)23-20(31)10-15(11-21(23)32)6-7-33-24-19(26)12-18(13-30-24)25(27,28)29/h8-9,12-13,15,23H,4-7,10-11H2,1-3H3. The Kier molecular flexibility index (Phi) is 7.98. The van der Waals surface area contributed by atoms with E-state index < -0.39 is 23.5 Å². The van der Waals surface area contributed by atoms with E-state index in [9.17, 15) is 27.2 Å². The Hall–Kier alpha value is -2.22. The number of ketones is 2. The number of carbonyl (C=O) groups is 2. The first-order valence-electron chi connectivity index (χ1n) is 11.1. The summed E-state index contributed by atoms with van der Waals surface area (Å²) < 4.78 is 52.0. The molecule has 0 bridgehead atoms. The van der Waals surface area contributed by atoms with Crippen LogP contribution in [0.1, 0.15) is 66.8 Å². The maximum absolute atomic E-state index is 14.0. The summed E-state index contributed by atoms with van der Waals surface area (Å²) in [5.74, 6) is -1.73. The first-order valence-corrected chi connectivity index (χ1v) is 12.1. The predicted octanol–water partition coefficient (Wildman–Crippen LogP) is 6.49. The normalized spacial score (nSPS) is 19.2. The molecule has 2 aromatic rings. The van der Waals surface area contributed by atoms with Crippen LogP contribution in [0, 0.1) is 18.7 Å². The first-order chi connectivity index (χ1) is 15.5. The second kappa shape index (κ2) is 10.4. The maximum Gasteiger partial charge on any atom is 0.417 e. The van der Waals surface area contributed by atoms with Gasteiger partial charge in [-0.3, -0.25) is 9.59 Å². The zero-order valence-electron chi connectivity index (χ0n) is 18.9. The van der Waals surface area contributed by atoms with Crippen LogP contribution >= 0.6 is 11.8 Å². The van der Waals surface area contributed by atoms with Gasteiger partial charge < -0.3 is 0 Å². The van der Waals surface area contributed by atoms with Crippen molar-refractivity contribution in [2.45, 2.75) is 70.0 Å². The van der Waals surface area contributed by atoms with Crippen LogP contribution in [0.5, 0.6) is 0 Å². The van der Waals surface area contributed by atoms with E-state index in [2.05, 4.69) is 4.98 Å². The van der Waals surface area contributed by atoms with Crippen molar-refractivity contribution in [3.63, 3.8) is 0 Å². The number of aryl methyl sites for hydroxylation is 3. The van der Waals surface area contributed by atoms with Crippen molar-refractivity contribution in [2.24, 2.45) is 5.92 Å². The first kappa shape index (κ1) is 25.4. The third kappa shape index (κ3) is 5.83. The van der Waals surface area contributed by atoms with Gasteiger partial charge in [-0.2, -0.15) is 13.2 Å². The summed E-state index contributed by atoms with van der Waals surface area (Å²) in [6.07, 6.45) is -1.54. The van der Waals surface area contributed by atoms with Crippen LogP contribution < -0.4 is 0 Å². The lowest BCUT2D eigenvalue weighted by atomic mass is 9.73. The number of hydrogen-bond acceptors (Lipinski definition) is 4. The van der Waals surface area contributed by atoms with Crippen molar-refractivity contribution in [3.8, 4) is 0 Å². The number of thioether (sulfide) groups is 1. The summed E-state index contributed by atoms with van der Waals surface area (Å²) in [4.78, 5) is 29.7. The predicted molar refractivity (Wildman–Crippen MR) is 120 cm³/mol. The monoisotopic (exact) mass is 481 g/mol. The van der Waals surface area contributed by atoms with Crippen LogP contribution in [-0.4, -0.2) is 22.3 Å². The van der Waals surface area contributed by atoms with Crippen molar-refractivity contribution < 1.29 is 27.2 Å². The van der Waals surface area contributed by atoms with Gasteiger partial charge in [0.2, 0.25) is 0 Å². The van der Waals surface area contributed by atoms with Crippen molar-refractivity contribution in [1.82, 2.24) is 4.98 Å². The van der Waals surface area contributed by atoms with Gasteiger partial charge in [0.15, 0.2) is 5.82 Å². The zero-order valence-corrected chi connectivity index (χ0v) is 19.7. The molecular formula is C25H27F4NO2S. The number of carbonyl (C=O) groups excluding carboxylic acids is 2. The zero-order chi connectivity index (χ0) is 24.3. The van der Waals surface area contributed by atoms with Gasteiger partial charge in [0.1, 0.15) is 22.5 Å². The number of alkyl halides is 3. The lowest BCUT2D eigenvalue weighted by molar-refractivity contribution is -0.138. The second-order valence-corrected chi connectivity index (χ2v) is 9.57. The van der Waals surface area contributed by atoms with E-state index in [0.717, 1.165) is 46.9 Å². The van der Waals surface area contributed by atoms with Gasteiger partial charge in [-0.05, 0) is 60.6 Å². The van der Waals surface area contributed by atoms with Gasteiger partial charge in [-0.25, -0.2) is 9.37 Å². The van der Waals surface area contributed by atoms with Crippen molar-refractivity contribution >= 4 is 23.3 Å². The molecule has 3 rings (SSSR count). The number of Topliss-reactive ketones (excluding diaryl/α,β-unsaturated/α-hetero) is 2. The fraction of sp³-hybridized carbons (Fsp3) is 0.480. The summed E-state index contributed by atoms with van der Waals surface area (Å²) in [5.41, 5.74) is 2.92. The molecule has 0 atom stereocenters. The van der Waals surface area contributed by atoms with E-state index in [4.69, 9.17) is 0 Å². The molecule has 0 radical (unpaired) electrons. The Labute approximate surface area is 195 Å². The summed E-state index contributed by atoms with van der Waals surface area (Å²) in [5, 5.41) is -0.117. The molecule has 0 amide bonds. The molecule has 1 aliphatic carbocycles. The molecule has 1 fully saturated rings. The van der Waals surface area contributed by atoms with Gasteiger partial charge >= 0.3 is 6.18 Å². The molecule has 1 aromatic heterocycles. The molecule has 33 heavy (non-hydrogen) atoms. The lowest BCUT2D eigenvalue weighted by Crippen LogP contribution is -2.33. The van der Waals surface area contributed by atoms with E-state index >= 15 is 0 Å². The highest BCUT2D eigenvalue weighted by Gasteiger charge is 2.38. The highest BCUT2D eigenvalue weighted by Crippen LogP contribution is 2.37. The highest BCUT2D eigenvalue weighted by molar-refractivity contribution is 7.99. The molecule has 3 nitrogen and oxygen atoms in total. The van der Waals surface area contributed by atoms with Gasteiger partial charge in [0.25, 0.3) is 0 Å². The van der Waals surface area contributed by atoms with Crippen LogP contribution in [0.2, 0.25) is 0 Å². The number of halogens is 4. The summed E-state index contributed by atoms with van der Waals surface area (Å²) >= 11 is 0.997. The van der Waals surface area contributed by atoms with Crippen molar-refractivity contribution in [1.29, 1.82) is 0 Å². The largest absolute Gasteiger partial charge is 0.417 e. The Bertz CT molecular complexity index is 1010. The molecule has 0 aliphatic heterocycles.